The van der Waals surface area contributed by atoms with Gasteiger partial charge in [-0.2, -0.15) is 0 Å². The second kappa shape index (κ2) is 8.46. The second-order valence-electron chi connectivity index (χ2n) is 7.07. The molecular weight excluding hydrogens is 350 g/mol. The van der Waals surface area contributed by atoms with Crippen LogP contribution in [0.3, 0.4) is 0 Å². The van der Waals surface area contributed by atoms with Crippen LogP contribution in [0.2, 0.25) is 0 Å². The van der Waals surface area contributed by atoms with Crippen LogP contribution in [-0.4, -0.2) is 40.2 Å². The average Bonchev–Trinajstić information content (AvgIpc) is 2.77. The number of aliphatic hydroxyl groups is 1. The number of nitrogens with zero attached hydrogens (tertiary/aromatic N) is 4. The van der Waals surface area contributed by atoms with Gasteiger partial charge in [-0.05, 0) is 37.1 Å². The first-order valence-electron chi connectivity index (χ1n) is 9.68. The molecule has 3 aromatic rings. The van der Waals surface area contributed by atoms with Crippen LogP contribution in [0.1, 0.15) is 29.3 Å². The maximum absolute atomic E-state index is 10.5. The van der Waals surface area contributed by atoms with Gasteiger partial charge in [-0.3, -0.25) is 4.98 Å². The summed E-state index contributed by atoms with van der Waals surface area (Å²) >= 11 is 0. The summed E-state index contributed by atoms with van der Waals surface area (Å²) in [6, 6.07) is 15.6. The molecule has 1 atom stereocenters. The summed E-state index contributed by atoms with van der Waals surface area (Å²) < 4.78 is 0. The summed E-state index contributed by atoms with van der Waals surface area (Å²) in [6.45, 7) is 2.37. The standard InChI is InChI=1S/C22H25N5O/c1-27(14-11-20(28)16-7-3-2-4-8-16)22-17-10-13-23-15-19(17)25-21(26-22)18-9-5-6-12-24-18/h2-9,12,20,23,28H,10-11,13-15H2,1H3/t20-/m0/s1. The lowest BCUT2D eigenvalue weighted by atomic mass is 10.0. The Bertz CT molecular complexity index is 917. The highest BCUT2D eigenvalue weighted by Gasteiger charge is 2.21. The molecule has 0 unspecified atom stereocenters. The molecule has 0 spiro atoms. The Labute approximate surface area is 165 Å². The van der Waals surface area contributed by atoms with Crippen LogP contribution in [0, 0.1) is 0 Å². The molecule has 4 rings (SSSR count). The van der Waals surface area contributed by atoms with Gasteiger partial charge < -0.3 is 15.3 Å². The molecule has 1 aliphatic heterocycles. The lowest BCUT2D eigenvalue weighted by Crippen LogP contribution is -2.30. The minimum absolute atomic E-state index is 0.488. The smallest absolute Gasteiger partial charge is 0.180 e. The summed E-state index contributed by atoms with van der Waals surface area (Å²) in [5.41, 5.74) is 3.94. The Hall–Kier alpha value is -2.83. The zero-order valence-electron chi connectivity index (χ0n) is 16.0. The zero-order valence-corrected chi connectivity index (χ0v) is 16.0. The van der Waals surface area contributed by atoms with Crippen molar-refractivity contribution >= 4 is 5.82 Å². The molecule has 1 aromatic carbocycles. The van der Waals surface area contributed by atoms with Gasteiger partial charge in [-0.25, -0.2) is 9.97 Å². The van der Waals surface area contributed by atoms with Gasteiger partial charge in [0.1, 0.15) is 11.5 Å². The van der Waals surface area contributed by atoms with Gasteiger partial charge in [-0.1, -0.05) is 36.4 Å². The van der Waals surface area contributed by atoms with Crippen LogP contribution in [-0.2, 0) is 13.0 Å². The Morgan fingerprint density at radius 2 is 1.93 bits per heavy atom. The number of pyridine rings is 1. The van der Waals surface area contributed by atoms with Crippen LogP contribution < -0.4 is 10.2 Å². The van der Waals surface area contributed by atoms with Crippen LogP contribution in [0.25, 0.3) is 11.5 Å². The minimum atomic E-state index is -0.488. The van der Waals surface area contributed by atoms with Crippen molar-refractivity contribution in [1.82, 2.24) is 20.3 Å². The molecule has 0 amide bonds. The van der Waals surface area contributed by atoms with E-state index < -0.39 is 6.10 Å². The van der Waals surface area contributed by atoms with E-state index in [1.54, 1.807) is 6.20 Å². The third-order valence-corrected chi connectivity index (χ3v) is 5.09. The first-order chi connectivity index (χ1) is 13.7. The van der Waals surface area contributed by atoms with Crippen molar-refractivity contribution in [3.8, 4) is 11.5 Å². The van der Waals surface area contributed by atoms with Crippen molar-refractivity contribution < 1.29 is 5.11 Å². The molecule has 0 bridgehead atoms. The summed E-state index contributed by atoms with van der Waals surface area (Å²) in [7, 11) is 2.03. The summed E-state index contributed by atoms with van der Waals surface area (Å²) in [6.07, 6.45) is 2.81. The maximum Gasteiger partial charge on any atom is 0.180 e. The molecule has 2 N–H and O–H groups in total. The molecule has 0 saturated carbocycles. The molecule has 3 heterocycles. The highest BCUT2D eigenvalue weighted by Crippen LogP contribution is 2.27. The molecule has 6 nitrogen and oxygen atoms in total. The maximum atomic E-state index is 10.5. The van der Waals surface area contributed by atoms with E-state index in [-0.39, 0.29) is 0 Å². The lowest BCUT2D eigenvalue weighted by Gasteiger charge is -2.26. The van der Waals surface area contributed by atoms with Gasteiger partial charge in [0.05, 0.1) is 11.8 Å². The number of anilines is 1. The number of rotatable bonds is 6. The number of aromatic nitrogens is 3. The normalized spacial score (nSPS) is 14.4. The Morgan fingerprint density at radius 3 is 2.71 bits per heavy atom. The first kappa shape index (κ1) is 18.5. The van der Waals surface area contributed by atoms with E-state index >= 15 is 0 Å². The van der Waals surface area contributed by atoms with Crippen LogP contribution in [0.15, 0.2) is 54.7 Å². The minimum Gasteiger partial charge on any atom is -0.388 e. The van der Waals surface area contributed by atoms with Crippen molar-refractivity contribution in [2.24, 2.45) is 0 Å². The number of hydrogen-bond donors (Lipinski definition) is 2. The van der Waals surface area contributed by atoms with Crippen LogP contribution >= 0.6 is 0 Å². The first-order valence-corrected chi connectivity index (χ1v) is 9.68. The fourth-order valence-corrected chi connectivity index (χ4v) is 3.53. The topological polar surface area (TPSA) is 74.2 Å². The molecule has 2 aromatic heterocycles. The van der Waals surface area contributed by atoms with E-state index in [0.29, 0.717) is 18.8 Å². The fourth-order valence-electron chi connectivity index (χ4n) is 3.53. The van der Waals surface area contributed by atoms with Crippen LogP contribution in [0.5, 0.6) is 0 Å². The Balaban J connectivity index is 1.58. The average molecular weight is 375 g/mol. The second-order valence-corrected chi connectivity index (χ2v) is 7.07. The van der Waals surface area contributed by atoms with E-state index in [1.807, 2.05) is 55.6 Å². The molecule has 28 heavy (non-hydrogen) atoms. The van der Waals surface area contributed by atoms with Crippen molar-refractivity contribution in [2.45, 2.75) is 25.5 Å². The third kappa shape index (κ3) is 4.03. The van der Waals surface area contributed by atoms with Gasteiger partial charge in [-0.15, -0.1) is 0 Å². The van der Waals surface area contributed by atoms with Gasteiger partial charge in [0.15, 0.2) is 5.82 Å². The molecule has 0 saturated heterocycles. The molecule has 144 valence electrons. The monoisotopic (exact) mass is 375 g/mol. The lowest BCUT2D eigenvalue weighted by molar-refractivity contribution is 0.169. The van der Waals surface area contributed by atoms with E-state index in [0.717, 1.165) is 42.3 Å². The van der Waals surface area contributed by atoms with Gasteiger partial charge in [0.25, 0.3) is 0 Å². The highest BCUT2D eigenvalue weighted by atomic mass is 16.3. The number of hydrogen-bond acceptors (Lipinski definition) is 6. The number of aliphatic hydroxyl groups excluding tert-OH is 1. The van der Waals surface area contributed by atoms with Crippen molar-refractivity contribution in [3.63, 3.8) is 0 Å². The quantitative estimate of drug-likeness (QED) is 0.690. The number of nitrogens with one attached hydrogen (secondary N) is 1. The van der Waals surface area contributed by atoms with E-state index in [1.165, 1.54) is 5.56 Å². The molecular formula is C22H25N5O. The van der Waals surface area contributed by atoms with Gasteiger partial charge >= 0.3 is 0 Å². The Morgan fingerprint density at radius 1 is 1.11 bits per heavy atom. The number of benzene rings is 1. The zero-order chi connectivity index (χ0) is 19.3. The van der Waals surface area contributed by atoms with Gasteiger partial charge in [0, 0.05) is 31.9 Å². The summed E-state index contributed by atoms with van der Waals surface area (Å²) in [5, 5.41) is 13.9. The molecule has 0 radical (unpaired) electrons. The van der Waals surface area contributed by atoms with E-state index in [2.05, 4.69) is 15.2 Å². The third-order valence-electron chi connectivity index (χ3n) is 5.09. The molecule has 0 aliphatic carbocycles. The largest absolute Gasteiger partial charge is 0.388 e. The van der Waals surface area contributed by atoms with Crippen molar-refractivity contribution in [3.05, 3.63) is 71.5 Å². The predicted octanol–water partition coefficient (Wildman–Crippen LogP) is 2.74. The number of fused-ring (bicyclic) bond motifs is 1. The summed E-state index contributed by atoms with van der Waals surface area (Å²) in [4.78, 5) is 16.1. The van der Waals surface area contributed by atoms with E-state index in [9.17, 15) is 5.11 Å². The summed E-state index contributed by atoms with van der Waals surface area (Å²) in [5.74, 6) is 1.58. The molecule has 1 aliphatic rings. The SMILES string of the molecule is CN(CC[C@H](O)c1ccccc1)c1nc(-c2ccccn2)nc2c1CCNC2. The fraction of sp³-hybridized carbons (Fsp3) is 0.318. The van der Waals surface area contributed by atoms with Gasteiger partial charge in [0.2, 0.25) is 0 Å². The predicted molar refractivity (Wildman–Crippen MR) is 110 cm³/mol. The van der Waals surface area contributed by atoms with Crippen molar-refractivity contribution in [2.75, 3.05) is 25.0 Å². The molecule has 0 fully saturated rings. The highest BCUT2D eigenvalue weighted by molar-refractivity contribution is 5.58. The molecule has 6 heteroatoms. The van der Waals surface area contributed by atoms with Crippen LogP contribution in [0.4, 0.5) is 5.82 Å². The Kier molecular flexibility index (Phi) is 5.60. The van der Waals surface area contributed by atoms with Crippen molar-refractivity contribution in [1.29, 1.82) is 0 Å². The van der Waals surface area contributed by atoms with E-state index in [4.69, 9.17) is 9.97 Å².